The van der Waals surface area contributed by atoms with Crippen molar-refractivity contribution in [2.24, 2.45) is 0 Å². The van der Waals surface area contributed by atoms with Crippen molar-refractivity contribution in [2.45, 2.75) is 4.90 Å². The van der Waals surface area contributed by atoms with Crippen LogP contribution in [0.25, 0.3) is 0 Å². The summed E-state index contributed by atoms with van der Waals surface area (Å²) in [6.07, 6.45) is 0. The number of hydrogen-bond donors (Lipinski definition) is 2. The molecule has 0 saturated carbocycles. The monoisotopic (exact) mass is 320 g/mol. The fourth-order valence-corrected chi connectivity index (χ4v) is 2.82. The second kappa shape index (κ2) is 5.76. The van der Waals surface area contributed by atoms with Crippen LogP contribution in [0.3, 0.4) is 0 Å². The van der Waals surface area contributed by atoms with Gasteiger partial charge in [-0.1, -0.05) is 6.07 Å². The van der Waals surface area contributed by atoms with Crippen molar-refractivity contribution < 1.29 is 18.4 Å². The zero-order valence-electron chi connectivity index (χ0n) is 11.2. The molecule has 1 aliphatic rings. The topological polar surface area (TPSA) is 58.2 Å². The summed E-state index contributed by atoms with van der Waals surface area (Å²) in [5, 5.41) is 4.86. The highest BCUT2D eigenvalue weighted by Gasteiger charge is 2.18. The van der Waals surface area contributed by atoms with Crippen molar-refractivity contribution in [3.05, 3.63) is 53.6 Å². The van der Waals surface area contributed by atoms with Crippen molar-refractivity contribution in [3.63, 3.8) is 0 Å². The summed E-state index contributed by atoms with van der Waals surface area (Å²) in [5.74, 6) is -2.20. The number of rotatable bonds is 2. The predicted molar refractivity (Wildman–Crippen MR) is 80.1 cm³/mol. The zero-order valence-corrected chi connectivity index (χ0v) is 12.0. The van der Waals surface area contributed by atoms with Gasteiger partial charge in [0.05, 0.1) is 11.4 Å². The summed E-state index contributed by atoms with van der Waals surface area (Å²) in [6, 6.07) is 8.04. The molecular weight excluding hydrogens is 310 g/mol. The van der Waals surface area contributed by atoms with Gasteiger partial charge in [0.1, 0.15) is 17.3 Å². The van der Waals surface area contributed by atoms with E-state index in [4.69, 9.17) is 0 Å². The second-order valence-corrected chi connectivity index (χ2v) is 5.62. The molecule has 4 nitrogen and oxygen atoms in total. The molecule has 2 aromatic rings. The van der Waals surface area contributed by atoms with Crippen LogP contribution in [0.5, 0.6) is 0 Å². The summed E-state index contributed by atoms with van der Waals surface area (Å²) in [4.78, 5) is 24.3. The van der Waals surface area contributed by atoms with E-state index >= 15 is 0 Å². The number of thioether (sulfide) groups is 1. The predicted octanol–water partition coefficient (Wildman–Crippen LogP) is 3.26. The number of amides is 2. The maximum atomic E-state index is 13.5. The summed E-state index contributed by atoms with van der Waals surface area (Å²) < 4.78 is 27.1. The molecule has 0 saturated heterocycles. The van der Waals surface area contributed by atoms with Gasteiger partial charge < -0.3 is 10.6 Å². The first-order valence-corrected chi connectivity index (χ1v) is 7.35. The number of anilines is 2. The Labute approximate surface area is 128 Å². The SMILES string of the molecule is O=C1CSc2ccc(C(=O)Nc3c(F)cccc3F)cc2N1. The standard InChI is InChI=1S/C15H10F2N2O2S/c16-9-2-1-3-10(17)14(9)19-15(21)8-4-5-12-11(6-8)18-13(20)7-22-12/h1-6H,7H2,(H,18,20)(H,19,21). The molecule has 0 atom stereocenters. The number of hydrogen-bond acceptors (Lipinski definition) is 3. The normalized spacial score (nSPS) is 13.3. The lowest BCUT2D eigenvalue weighted by Gasteiger charge is -2.17. The fraction of sp³-hybridized carbons (Fsp3) is 0.0667. The molecule has 1 aliphatic heterocycles. The fourth-order valence-electron chi connectivity index (χ4n) is 2.03. The van der Waals surface area contributed by atoms with E-state index in [1.807, 2.05) is 0 Å². The van der Waals surface area contributed by atoms with Gasteiger partial charge in [-0.3, -0.25) is 9.59 Å². The van der Waals surface area contributed by atoms with Crippen LogP contribution in [0.2, 0.25) is 0 Å². The first kappa shape index (κ1) is 14.5. The first-order valence-electron chi connectivity index (χ1n) is 6.36. The number of carbonyl (C=O) groups excluding carboxylic acids is 2. The molecule has 0 spiro atoms. The van der Waals surface area contributed by atoms with E-state index in [9.17, 15) is 18.4 Å². The number of halogens is 2. The number of carbonyl (C=O) groups is 2. The van der Waals surface area contributed by atoms with Crippen molar-refractivity contribution in [1.29, 1.82) is 0 Å². The molecule has 22 heavy (non-hydrogen) atoms. The molecule has 0 unspecified atom stereocenters. The van der Waals surface area contributed by atoms with Crippen LogP contribution in [0.4, 0.5) is 20.2 Å². The maximum absolute atomic E-state index is 13.5. The minimum absolute atomic E-state index is 0.157. The van der Waals surface area contributed by atoms with Crippen LogP contribution in [0, 0.1) is 11.6 Å². The van der Waals surface area contributed by atoms with Crippen LogP contribution in [-0.4, -0.2) is 17.6 Å². The largest absolute Gasteiger partial charge is 0.324 e. The minimum atomic E-state index is -0.852. The smallest absolute Gasteiger partial charge is 0.255 e. The van der Waals surface area contributed by atoms with Crippen molar-refractivity contribution in [2.75, 3.05) is 16.4 Å². The minimum Gasteiger partial charge on any atom is -0.324 e. The molecule has 3 rings (SSSR count). The van der Waals surface area contributed by atoms with Crippen LogP contribution >= 0.6 is 11.8 Å². The average Bonchev–Trinajstić information content (AvgIpc) is 2.50. The van der Waals surface area contributed by atoms with E-state index in [0.29, 0.717) is 11.4 Å². The van der Waals surface area contributed by atoms with Gasteiger partial charge in [-0.25, -0.2) is 8.78 Å². The number of nitrogens with one attached hydrogen (secondary N) is 2. The lowest BCUT2D eigenvalue weighted by atomic mass is 10.1. The average molecular weight is 320 g/mol. The molecule has 2 N–H and O–H groups in total. The molecule has 1 heterocycles. The van der Waals surface area contributed by atoms with E-state index in [0.717, 1.165) is 17.0 Å². The Balaban J connectivity index is 1.87. The molecule has 2 amide bonds. The zero-order chi connectivity index (χ0) is 15.7. The summed E-state index contributed by atoms with van der Waals surface area (Å²) in [5.41, 5.74) is 0.218. The molecule has 7 heteroatoms. The molecule has 0 aliphatic carbocycles. The Hall–Kier alpha value is -2.41. The molecule has 2 aromatic carbocycles. The van der Waals surface area contributed by atoms with E-state index in [-0.39, 0.29) is 11.5 Å². The van der Waals surface area contributed by atoms with Gasteiger partial charge in [0.25, 0.3) is 5.91 Å². The first-order chi connectivity index (χ1) is 10.5. The lowest BCUT2D eigenvalue weighted by Crippen LogP contribution is -2.20. The number of fused-ring (bicyclic) bond motifs is 1. The van der Waals surface area contributed by atoms with Gasteiger partial charge in [0.15, 0.2) is 0 Å². The highest BCUT2D eigenvalue weighted by molar-refractivity contribution is 8.00. The quantitative estimate of drug-likeness (QED) is 0.893. The van der Waals surface area contributed by atoms with Gasteiger partial charge in [-0.05, 0) is 30.3 Å². The van der Waals surface area contributed by atoms with Crippen molar-refractivity contribution >= 4 is 35.0 Å². The highest BCUT2D eigenvalue weighted by Crippen LogP contribution is 2.32. The van der Waals surface area contributed by atoms with Gasteiger partial charge in [-0.15, -0.1) is 11.8 Å². The van der Waals surface area contributed by atoms with E-state index in [1.54, 1.807) is 6.07 Å². The van der Waals surface area contributed by atoms with Crippen molar-refractivity contribution in [1.82, 2.24) is 0 Å². The van der Waals surface area contributed by atoms with Gasteiger partial charge in [-0.2, -0.15) is 0 Å². The summed E-state index contributed by atoms with van der Waals surface area (Å²) >= 11 is 1.36. The van der Waals surface area contributed by atoms with Crippen LogP contribution in [-0.2, 0) is 4.79 Å². The number of benzene rings is 2. The molecular formula is C15H10F2N2O2S. The van der Waals surface area contributed by atoms with Gasteiger partial charge in [0, 0.05) is 10.5 Å². The number of para-hydroxylation sites is 1. The van der Waals surface area contributed by atoms with E-state index in [2.05, 4.69) is 10.6 Å². The Bertz CT molecular complexity index is 760. The third-order valence-electron chi connectivity index (χ3n) is 3.08. The second-order valence-electron chi connectivity index (χ2n) is 4.60. The van der Waals surface area contributed by atoms with Crippen LogP contribution in [0.1, 0.15) is 10.4 Å². The Morgan fingerprint density at radius 1 is 1.18 bits per heavy atom. The molecule has 112 valence electrons. The summed E-state index contributed by atoms with van der Waals surface area (Å²) in [7, 11) is 0. The molecule has 0 aromatic heterocycles. The maximum Gasteiger partial charge on any atom is 0.255 e. The lowest BCUT2D eigenvalue weighted by molar-refractivity contribution is -0.113. The molecule has 0 bridgehead atoms. The summed E-state index contributed by atoms with van der Waals surface area (Å²) in [6.45, 7) is 0. The highest BCUT2D eigenvalue weighted by atomic mass is 32.2. The van der Waals surface area contributed by atoms with Crippen LogP contribution < -0.4 is 10.6 Å². The van der Waals surface area contributed by atoms with Crippen molar-refractivity contribution in [3.8, 4) is 0 Å². The van der Waals surface area contributed by atoms with Crippen LogP contribution in [0.15, 0.2) is 41.3 Å². The van der Waals surface area contributed by atoms with E-state index in [1.165, 1.54) is 30.0 Å². The Morgan fingerprint density at radius 2 is 1.91 bits per heavy atom. The third kappa shape index (κ3) is 2.80. The third-order valence-corrected chi connectivity index (χ3v) is 4.15. The van der Waals surface area contributed by atoms with Gasteiger partial charge >= 0.3 is 0 Å². The Morgan fingerprint density at radius 3 is 2.64 bits per heavy atom. The Kier molecular flexibility index (Phi) is 3.81. The van der Waals surface area contributed by atoms with E-state index < -0.39 is 23.2 Å². The molecule has 0 radical (unpaired) electrons. The van der Waals surface area contributed by atoms with Gasteiger partial charge in [0.2, 0.25) is 5.91 Å². The molecule has 0 fully saturated rings.